The van der Waals surface area contributed by atoms with Crippen molar-refractivity contribution in [2.45, 2.75) is 5.92 Å². The molecule has 0 saturated carbocycles. The van der Waals surface area contributed by atoms with E-state index in [1.807, 2.05) is 36.4 Å². The Bertz CT molecular complexity index is 818. The van der Waals surface area contributed by atoms with Crippen molar-refractivity contribution in [3.8, 4) is 22.3 Å². The van der Waals surface area contributed by atoms with Gasteiger partial charge in [-0.3, -0.25) is 4.79 Å². The van der Waals surface area contributed by atoms with Gasteiger partial charge in [0.25, 0.3) is 0 Å². The van der Waals surface area contributed by atoms with Crippen molar-refractivity contribution in [1.29, 1.82) is 0 Å². The van der Waals surface area contributed by atoms with Crippen LogP contribution in [0.1, 0.15) is 17.0 Å². The van der Waals surface area contributed by atoms with Crippen LogP contribution in [0.4, 0.5) is 0 Å². The van der Waals surface area contributed by atoms with Crippen LogP contribution in [-0.2, 0) is 4.79 Å². The summed E-state index contributed by atoms with van der Waals surface area (Å²) in [5.41, 5.74) is 6.71. The highest BCUT2D eigenvalue weighted by atomic mass is 16.1. The Balaban J connectivity index is 2.03. The number of carbonyl (C=O) groups excluding carboxylic acids is 1. The van der Waals surface area contributed by atoms with Gasteiger partial charge in [-0.15, -0.1) is 0 Å². The van der Waals surface area contributed by atoms with Crippen LogP contribution in [-0.4, -0.2) is 6.29 Å². The van der Waals surface area contributed by atoms with Crippen LogP contribution >= 0.6 is 0 Å². The van der Waals surface area contributed by atoms with Gasteiger partial charge in [-0.25, -0.2) is 0 Å². The van der Waals surface area contributed by atoms with E-state index in [1.165, 1.54) is 0 Å². The molecule has 0 heterocycles. The van der Waals surface area contributed by atoms with Crippen molar-refractivity contribution < 1.29 is 4.79 Å². The first-order valence-corrected chi connectivity index (χ1v) is 7.05. The predicted octanol–water partition coefficient (Wildman–Crippen LogP) is 4.58. The molecule has 0 amide bonds. The predicted molar refractivity (Wildman–Crippen MR) is 84.9 cm³/mol. The van der Waals surface area contributed by atoms with Gasteiger partial charge < -0.3 is 0 Å². The Labute approximate surface area is 123 Å². The van der Waals surface area contributed by atoms with Crippen LogP contribution in [0.25, 0.3) is 22.3 Å². The van der Waals surface area contributed by atoms with Crippen molar-refractivity contribution in [3.63, 3.8) is 0 Å². The maximum Gasteiger partial charge on any atom is 0.211 e. The van der Waals surface area contributed by atoms with Gasteiger partial charge in [0.05, 0.1) is 5.92 Å². The standard InChI is InChI=1S/C20H13O/c21-13-19-17-10-5-4-9-16(17)18-12-6-11-15(20(18)19)14-7-2-1-3-8-14/h1-12,19H. The smallest absolute Gasteiger partial charge is 0.211 e. The summed E-state index contributed by atoms with van der Waals surface area (Å²) in [6.07, 6.45) is 2.24. The molecule has 0 bridgehead atoms. The molecular formula is C20H13O. The molecule has 0 aromatic heterocycles. The van der Waals surface area contributed by atoms with Gasteiger partial charge in [-0.05, 0) is 33.4 Å². The molecule has 0 N–H and O–H groups in total. The minimum atomic E-state index is -0.285. The van der Waals surface area contributed by atoms with Crippen molar-refractivity contribution in [1.82, 2.24) is 0 Å². The molecule has 3 aromatic carbocycles. The Morgan fingerprint density at radius 3 is 2.14 bits per heavy atom. The molecule has 0 fully saturated rings. The number of hydrogen-bond donors (Lipinski definition) is 0. The third-order valence-corrected chi connectivity index (χ3v) is 4.16. The van der Waals surface area contributed by atoms with Gasteiger partial charge >= 0.3 is 0 Å². The molecule has 1 heteroatoms. The fraction of sp³-hybridized carbons (Fsp3) is 0.0500. The molecule has 1 radical (unpaired) electrons. The lowest BCUT2D eigenvalue weighted by molar-refractivity contribution is 0.550. The number of benzene rings is 3. The minimum Gasteiger partial charge on any atom is -0.290 e. The van der Waals surface area contributed by atoms with E-state index in [0.29, 0.717) is 0 Å². The largest absolute Gasteiger partial charge is 0.290 e. The van der Waals surface area contributed by atoms with Crippen molar-refractivity contribution in [2.24, 2.45) is 0 Å². The molecule has 4 rings (SSSR count). The number of fused-ring (bicyclic) bond motifs is 3. The normalized spacial score (nSPS) is 15.3. The third kappa shape index (κ3) is 1.74. The summed E-state index contributed by atoms with van der Waals surface area (Å²) < 4.78 is 0. The quantitative estimate of drug-likeness (QED) is 0.665. The summed E-state index contributed by atoms with van der Waals surface area (Å²) in [6, 6.07) is 24.6. The maximum atomic E-state index is 11.6. The second-order valence-electron chi connectivity index (χ2n) is 5.27. The van der Waals surface area contributed by atoms with Crippen molar-refractivity contribution in [2.75, 3.05) is 0 Å². The van der Waals surface area contributed by atoms with E-state index < -0.39 is 0 Å². The van der Waals surface area contributed by atoms with Gasteiger partial charge in [0, 0.05) is 0 Å². The minimum absolute atomic E-state index is 0.285. The molecule has 1 aliphatic rings. The topological polar surface area (TPSA) is 17.1 Å². The highest BCUT2D eigenvalue weighted by Crippen LogP contribution is 2.47. The lowest BCUT2D eigenvalue weighted by Crippen LogP contribution is -1.99. The Hall–Kier alpha value is -2.67. The monoisotopic (exact) mass is 269 g/mol. The van der Waals surface area contributed by atoms with E-state index in [2.05, 4.69) is 42.7 Å². The van der Waals surface area contributed by atoms with E-state index in [-0.39, 0.29) is 5.92 Å². The van der Waals surface area contributed by atoms with Crippen LogP contribution in [0, 0.1) is 0 Å². The Kier molecular flexibility index (Phi) is 2.71. The van der Waals surface area contributed by atoms with E-state index in [4.69, 9.17) is 0 Å². The molecule has 1 nitrogen and oxygen atoms in total. The van der Waals surface area contributed by atoms with Crippen molar-refractivity contribution in [3.05, 3.63) is 83.9 Å². The number of rotatable bonds is 2. The van der Waals surface area contributed by atoms with Gasteiger partial charge in [0.2, 0.25) is 6.29 Å². The highest BCUT2D eigenvalue weighted by Gasteiger charge is 2.31. The fourth-order valence-electron chi connectivity index (χ4n) is 3.25. The summed E-state index contributed by atoms with van der Waals surface area (Å²) in [7, 11) is 0. The van der Waals surface area contributed by atoms with E-state index >= 15 is 0 Å². The molecule has 1 atom stereocenters. The molecule has 99 valence electrons. The maximum absolute atomic E-state index is 11.6. The molecule has 0 spiro atoms. The van der Waals surface area contributed by atoms with E-state index in [9.17, 15) is 4.79 Å². The molecule has 1 aliphatic carbocycles. The summed E-state index contributed by atoms with van der Waals surface area (Å²) in [6.45, 7) is 0. The lowest BCUT2D eigenvalue weighted by atomic mass is 9.90. The van der Waals surface area contributed by atoms with Gasteiger partial charge in [-0.2, -0.15) is 0 Å². The second kappa shape index (κ2) is 4.71. The fourth-order valence-corrected chi connectivity index (χ4v) is 3.25. The molecule has 21 heavy (non-hydrogen) atoms. The molecular weight excluding hydrogens is 256 g/mol. The van der Waals surface area contributed by atoms with Crippen LogP contribution in [0.15, 0.2) is 72.8 Å². The third-order valence-electron chi connectivity index (χ3n) is 4.16. The zero-order valence-corrected chi connectivity index (χ0v) is 11.4. The first kappa shape index (κ1) is 12.1. The van der Waals surface area contributed by atoms with Crippen molar-refractivity contribution >= 4 is 6.29 Å². The Morgan fingerprint density at radius 1 is 0.667 bits per heavy atom. The van der Waals surface area contributed by atoms with Gasteiger partial charge in [0.15, 0.2) is 0 Å². The summed E-state index contributed by atoms with van der Waals surface area (Å²) in [5.74, 6) is -0.285. The number of hydrogen-bond acceptors (Lipinski definition) is 1. The van der Waals surface area contributed by atoms with E-state index in [0.717, 1.165) is 33.4 Å². The summed E-state index contributed by atoms with van der Waals surface area (Å²) in [5, 5.41) is 0. The first-order chi connectivity index (χ1) is 10.4. The zero-order valence-electron chi connectivity index (χ0n) is 11.4. The molecule has 1 unspecified atom stereocenters. The summed E-state index contributed by atoms with van der Waals surface area (Å²) in [4.78, 5) is 11.6. The average molecular weight is 269 g/mol. The second-order valence-corrected chi connectivity index (χ2v) is 5.27. The van der Waals surface area contributed by atoms with Gasteiger partial charge in [-0.1, -0.05) is 72.8 Å². The van der Waals surface area contributed by atoms with Crippen LogP contribution in [0.3, 0.4) is 0 Å². The Morgan fingerprint density at radius 2 is 1.33 bits per heavy atom. The first-order valence-electron chi connectivity index (χ1n) is 7.05. The van der Waals surface area contributed by atoms with E-state index in [1.54, 1.807) is 0 Å². The molecule has 3 aromatic rings. The zero-order chi connectivity index (χ0) is 14.2. The SMILES string of the molecule is O=[C]C1c2ccccc2-c2cccc(-c3ccccc3)c21. The average Bonchev–Trinajstić information content (AvgIpc) is 2.89. The van der Waals surface area contributed by atoms with Gasteiger partial charge in [0.1, 0.15) is 0 Å². The lowest BCUT2D eigenvalue weighted by Gasteiger charge is -2.11. The van der Waals surface area contributed by atoms with Crippen LogP contribution in [0.2, 0.25) is 0 Å². The highest BCUT2D eigenvalue weighted by molar-refractivity contribution is 5.93. The van der Waals surface area contributed by atoms with Crippen LogP contribution < -0.4 is 0 Å². The van der Waals surface area contributed by atoms with Crippen LogP contribution in [0.5, 0.6) is 0 Å². The summed E-state index contributed by atoms with van der Waals surface area (Å²) >= 11 is 0. The molecule has 0 saturated heterocycles. The molecule has 0 aliphatic heterocycles.